The highest BCUT2D eigenvalue weighted by atomic mass is 32.2. The van der Waals surface area contributed by atoms with Crippen molar-refractivity contribution in [2.75, 3.05) is 29.5 Å². The maximum atomic E-state index is 11.4. The zero-order valence-corrected chi connectivity index (χ0v) is 17.0. The molecule has 13 heteroatoms. The molecule has 0 bridgehead atoms. The molecule has 0 aliphatic carbocycles. The molecule has 7 N–H and O–H groups in total. The lowest BCUT2D eigenvalue weighted by molar-refractivity contribution is 0.598. The first kappa shape index (κ1) is 20.0. The molecule has 2 aromatic heterocycles. The molecule has 0 saturated carbocycles. The standard InChI is InChI=1S/C17H22N10O2S/c1-10-21-14(23-12-6-7-20-9-12)8-15(22-10)27-16(18)25-17(26-27)24-11-2-4-13(5-3-11)30(19,28)29/h2-5,8,12,20H,6-7,9H2,1H3,(H2,19,28,29)(H,21,22,23)(H3,18,24,25,26). The summed E-state index contributed by atoms with van der Waals surface area (Å²) in [5, 5.41) is 19.1. The molecule has 3 aromatic rings. The number of aryl methyl sites for hydroxylation is 1. The molecule has 1 saturated heterocycles. The van der Waals surface area contributed by atoms with E-state index in [1.165, 1.54) is 16.8 Å². The first-order valence-corrected chi connectivity index (χ1v) is 10.8. The van der Waals surface area contributed by atoms with E-state index in [9.17, 15) is 8.42 Å². The zero-order chi connectivity index (χ0) is 21.3. The molecule has 1 atom stereocenters. The van der Waals surface area contributed by atoms with Gasteiger partial charge in [0.15, 0.2) is 5.82 Å². The third-order valence-electron chi connectivity index (χ3n) is 4.52. The van der Waals surface area contributed by atoms with E-state index in [0.29, 0.717) is 29.2 Å². The molecule has 1 aliphatic rings. The van der Waals surface area contributed by atoms with Gasteiger partial charge in [0, 0.05) is 24.3 Å². The monoisotopic (exact) mass is 430 g/mol. The number of sulfonamides is 1. The maximum Gasteiger partial charge on any atom is 0.248 e. The SMILES string of the molecule is Cc1nc(NC2CCNC2)cc(-n2nc(Nc3ccc(S(N)(=O)=O)cc3)nc2N)n1. The number of nitrogen functional groups attached to an aromatic ring is 1. The molecule has 3 heterocycles. The van der Waals surface area contributed by atoms with E-state index < -0.39 is 10.0 Å². The van der Waals surface area contributed by atoms with Gasteiger partial charge in [-0.3, -0.25) is 0 Å². The Hall–Kier alpha value is -3.29. The zero-order valence-electron chi connectivity index (χ0n) is 16.2. The average Bonchev–Trinajstić information content (AvgIpc) is 3.30. The molecule has 4 rings (SSSR count). The van der Waals surface area contributed by atoms with E-state index >= 15 is 0 Å². The summed E-state index contributed by atoms with van der Waals surface area (Å²) in [6.45, 7) is 3.64. The van der Waals surface area contributed by atoms with Crippen LogP contribution in [0, 0.1) is 6.92 Å². The number of hydrogen-bond donors (Lipinski definition) is 5. The average molecular weight is 430 g/mol. The minimum atomic E-state index is -3.76. The molecule has 12 nitrogen and oxygen atoms in total. The van der Waals surface area contributed by atoms with Crippen LogP contribution in [0.25, 0.3) is 5.82 Å². The van der Waals surface area contributed by atoms with Crippen LogP contribution in [0.1, 0.15) is 12.2 Å². The summed E-state index contributed by atoms with van der Waals surface area (Å²) in [6, 6.07) is 7.97. The molecule has 1 aliphatic heterocycles. The summed E-state index contributed by atoms with van der Waals surface area (Å²) in [5.74, 6) is 2.13. The van der Waals surface area contributed by atoms with Gasteiger partial charge in [0.25, 0.3) is 0 Å². The van der Waals surface area contributed by atoms with Crippen LogP contribution in [0.5, 0.6) is 0 Å². The van der Waals surface area contributed by atoms with Crippen LogP contribution >= 0.6 is 0 Å². The van der Waals surface area contributed by atoms with Gasteiger partial charge in [0.05, 0.1) is 4.90 Å². The van der Waals surface area contributed by atoms with Crippen LogP contribution in [-0.2, 0) is 10.0 Å². The summed E-state index contributed by atoms with van der Waals surface area (Å²) >= 11 is 0. The summed E-state index contributed by atoms with van der Waals surface area (Å²) in [7, 11) is -3.76. The highest BCUT2D eigenvalue weighted by Gasteiger charge is 2.17. The second kappa shape index (κ2) is 7.85. The largest absolute Gasteiger partial charge is 0.368 e. The van der Waals surface area contributed by atoms with Gasteiger partial charge < -0.3 is 21.7 Å². The molecule has 30 heavy (non-hydrogen) atoms. The summed E-state index contributed by atoms with van der Waals surface area (Å²) < 4.78 is 24.1. The van der Waals surface area contributed by atoms with Crippen LogP contribution in [0.3, 0.4) is 0 Å². The van der Waals surface area contributed by atoms with E-state index in [1.807, 2.05) is 0 Å². The number of nitrogens with two attached hydrogens (primary N) is 2. The van der Waals surface area contributed by atoms with Gasteiger partial charge in [-0.2, -0.15) is 9.67 Å². The van der Waals surface area contributed by atoms with Crippen LogP contribution in [0.2, 0.25) is 0 Å². The number of rotatable bonds is 6. The van der Waals surface area contributed by atoms with Crippen molar-refractivity contribution < 1.29 is 8.42 Å². The quantitative estimate of drug-likeness (QED) is 0.360. The Bertz CT molecular complexity index is 1150. The minimum Gasteiger partial charge on any atom is -0.368 e. The number of anilines is 4. The molecule has 1 fully saturated rings. The van der Waals surface area contributed by atoms with Crippen molar-refractivity contribution in [3.8, 4) is 5.82 Å². The Balaban J connectivity index is 1.55. The van der Waals surface area contributed by atoms with E-state index in [2.05, 4.69) is 36.0 Å². The van der Waals surface area contributed by atoms with Crippen molar-refractivity contribution in [1.29, 1.82) is 0 Å². The lowest BCUT2D eigenvalue weighted by Crippen LogP contribution is -2.23. The first-order valence-electron chi connectivity index (χ1n) is 9.24. The summed E-state index contributed by atoms with van der Waals surface area (Å²) in [4.78, 5) is 13.0. The number of nitrogens with one attached hydrogen (secondary N) is 3. The van der Waals surface area contributed by atoms with Gasteiger partial charge in [0.2, 0.25) is 21.9 Å². The summed E-state index contributed by atoms with van der Waals surface area (Å²) in [6.07, 6.45) is 1.02. The maximum absolute atomic E-state index is 11.4. The van der Waals surface area contributed by atoms with Gasteiger partial charge in [-0.15, -0.1) is 5.10 Å². The Morgan fingerprint density at radius 2 is 1.97 bits per heavy atom. The highest BCUT2D eigenvalue weighted by Crippen LogP contribution is 2.20. The Morgan fingerprint density at radius 3 is 2.63 bits per heavy atom. The van der Waals surface area contributed by atoms with E-state index in [4.69, 9.17) is 10.9 Å². The van der Waals surface area contributed by atoms with Crippen molar-refractivity contribution in [3.63, 3.8) is 0 Å². The van der Waals surface area contributed by atoms with Crippen LogP contribution < -0.4 is 26.8 Å². The van der Waals surface area contributed by atoms with Gasteiger partial charge in [-0.25, -0.2) is 23.5 Å². The van der Waals surface area contributed by atoms with Crippen molar-refractivity contribution in [2.24, 2.45) is 5.14 Å². The predicted octanol–water partition coefficient (Wildman–Crippen LogP) is 0.113. The van der Waals surface area contributed by atoms with Gasteiger partial charge >= 0.3 is 0 Å². The van der Waals surface area contributed by atoms with Crippen LogP contribution in [0.15, 0.2) is 35.2 Å². The fourth-order valence-corrected chi connectivity index (χ4v) is 3.64. The third kappa shape index (κ3) is 4.48. The smallest absolute Gasteiger partial charge is 0.248 e. The van der Waals surface area contributed by atoms with Crippen LogP contribution in [-0.4, -0.2) is 52.3 Å². The molecular weight excluding hydrogens is 408 g/mol. The molecule has 0 radical (unpaired) electrons. The predicted molar refractivity (Wildman–Crippen MR) is 112 cm³/mol. The minimum absolute atomic E-state index is 0.0139. The fourth-order valence-electron chi connectivity index (χ4n) is 3.12. The summed E-state index contributed by atoms with van der Waals surface area (Å²) in [5.41, 5.74) is 6.61. The molecule has 0 spiro atoms. The van der Waals surface area contributed by atoms with Gasteiger partial charge in [-0.1, -0.05) is 0 Å². The Morgan fingerprint density at radius 1 is 1.20 bits per heavy atom. The Labute approximate surface area is 173 Å². The number of benzene rings is 1. The lowest BCUT2D eigenvalue weighted by atomic mass is 10.2. The molecule has 0 amide bonds. The highest BCUT2D eigenvalue weighted by molar-refractivity contribution is 7.89. The first-order chi connectivity index (χ1) is 14.3. The molecule has 1 unspecified atom stereocenters. The molecule has 158 valence electrons. The second-order valence-corrected chi connectivity index (χ2v) is 8.45. The normalized spacial score (nSPS) is 16.5. The van der Waals surface area contributed by atoms with E-state index in [-0.39, 0.29) is 16.8 Å². The number of primary sulfonamides is 1. The number of aromatic nitrogens is 5. The number of nitrogens with zero attached hydrogens (tertiary/aromatic N) is 5. The Kier molecular flexibility index (Phi) is 5.24. The van der Waals surface area contributed by atoms with E-state index in [0.717, 1.165) is 19.5 Å². The van der Waals surface area contributed by atoms with Gasteiger partial charge in [-0.05, 0) is 44.2 Å². The van der Waals surface area contributed by atoms with Crippen molar-refractivity contribution in [3.05, 3.63) is 36.2 Å². The van der Waals surface area contributed by atoms with E-state index in [1.54, 1.807) is 25.1 Å². The topological polar surface area (TPSA) is 179 Å². The molecule has 1 aromatic carbocycles. The number of hydrogen-bond acceptors (Lipinski definition) is 10. The third-order valence-corrected chi connectivity index (χ3v) is 5.45. The van der Waals surface area contributed by atoms with Crippen molar-refractivity contribution >= 4 is 33.4 Å². The lowest BCUT2D eigenvalue weighted by Gasteiger charge is -2.13. The fraction of sp³-hybridized carbons (Fsp3) is 0.294. The van der Waals surface area contributed by atoms with Crippen LogP contribution in [0.4, 0.5) is 23.4 Å². The second-order valence-electron chi connectivity index (χ2n) is 6.89. The van der Waals surface area contributed by atoms with Crippen molar-refractivity contribution in [1.82, 2.24) is 30.0 Å². The molecular formula is C17H22N10O2S. The van der Waals surface area contributed by atoms with Crippen molar-refractivity contribution in [2.45, 2.75) is 24.3 Å². The van der Waals surface area contributed by atoms with Gasteiger partial charge in [0.1, 0.15) is 11.6 Å².